The molecule has 42 heavy (non-hydrogen) atoms. The van der Waals surface area contributed by atoms with Gasteiger partial charge in [-0.3, -0.25) is 13.9 Å². The number of nitrogen functional groups attached to an aromatic ring is 1. The number of hydrogen-bond acceptors (Lipinski definition) is 13. The molecule has 0 amide bonds. The summed E-state index contributed by atoms with van der Waals surface area (Å²) in [5.74, 6) is -0.281. The maximum absolute atomic E-state index is 16.2. The summed E-state index contributed by atoms with van der Waals surface area (Å²) in [5, 5.41) is 26.7. The van der Waals surface area contributed by atoms with Gasteiger partial charge in [-0.15, -0.1) is 0 Å². The first-order valence-electron chi connectivity index (χ1n) is 13.4. The van der Waals surface area contributed by atoms with Gasteiger partial charge in [0.15, 0.2) is 23.2 Å². The number of para-hydroxylation sites is 1. The van der Waals surface area contributed by atoms with E-state index >= 15 is 4.39 Å². The number of fused-ring (bicyclic) bond motifs is 1. The quantitative estimate of drug-likeness (QED) is 0.138. The Labute approximate surface area is 240 Å². The van der Waals surface area contributed by atoms with E-state index in [9.17, 15) is 19.6 Å². The molecule has 0 spiro atoms. The summed E-state index contributed by atoms with van der Waals surface area (Å²) in [6.07, 6.45) is -1.86. The lowest BCUT2D eigenvalue weighted by Gasteiger charge is -2.27. The summed E-state index contributed by atoms with van der Waals surface area (Å²) in [5.41, 5.74) is 3.56. The molecule has 0 unspecified atom stereocenters. The highest BCUT2D eigenvalue weighted by Gasteiger charge is 2.59. The van der Waals surface area contributed by atoms with E-state index in [0.29, 0.717) is 11.3 Å². The molecule has 0 bridgehead atoms. The van der Waals surface area contributed by atoms with Gasteiger partial charge in [-0.2, -0.15) is 15.1 Å². The second-order valence-corrected chi connectivity index (χ2v) is 11.7. The van der Waals surface area contributed by atoms with Crippen LogP contribution in [0, 0.1) is 0 Å². The van der Waals surface area contributed by atoms with Crippen molar-refractivity contribution in [3.05, 3.63) is 36.7 Å². The number of hydrogen-bond donors (Lipinski definition) is 5. The molecule has 2 aliphatic rings. The Morgan fingerprint density at radius 2 is 2.07 bits per heavy atom. The Kier molecular flexibility index (Phi) is 8.64. The van der Waals surface area contributed by atoms with E-state index in [1.54, 1.807) is 25.1 Å². The first-order valence-corrected chi connectivity index (χ1v) is 14.9. The fraction of sp³-hybridized carbons (Fsp3) is 0.520. The van der Waals surface area contributed by atoms with E-state index in [-0.39, 0.29) is 30.0 Å². The summed E-state index contributed by atoms with van der Waals surface area (Å²) in [4.78, 5) is 24.9. The Morgan fingerprint density at radius 1 is 1.33 bits per heavy atom. The Hall–Kier alpha value is -3.40. The van der Waals surface area contributed by atoms with Gasteiger partial charge in [-0.25, -0.2) is 13.9 Å². The Balaban J connectivity index is 1.39. The van der Waals surface area contributed by atoms with Crippen LogP contribution >= 0.6 is 7.75 Å². The van der Waals surface area contributed by atoms with Crippen molar-refractivity contribution < 1.29 is 42.5 Å². The van der Waals surface area contributed by atoms with Crippen LogP contribution in [0.15, 0.2) is 36.7 Å². The van der Waals surface area contributed by atoms with Crippen LogP contribution in [-0.2, 0) is 23.4 Å². The number of aromatic nitrogens is 4. The number of rotatable bonds is 13. The largest absolute Gasteiger partial charge is 0.465 e. The fourth-order valence-electron chi connectivity index (χ4n) is 4.47. The topological polar surface area (TPSA) is 205 Å². The maximum atomic E-state index is 16.2. The number of nitrogens with two attached hydrogens (primary N) is 1. The zero-order valence-corrected chi connectivity index (χ0v) is 23.8. The van der Waals surface area contributed by atoms with Crippen LogP contribution in [0.3, 0.4) is 0 Å². The van der Waals surface area contributed by atoms with Crippen LogP contribution in [0.4, 0.5) is 16.2 Å². The lowest BCUT2D eigenvalue weighted by Crippen LogP contribution is -2.46. The van der Waals surface area contributed by atoms with Crippen LogP contribution in [-0.4, -0.2) is 85.5 Å². The SMILES string of the molecule is CCOC(=O)[C@H](C)N[P@](=O)(OC[C@H]1O[C@@H](n2cnc3c(NC4CC4)nc(N)nc32)[C@@](F)(CO)[C@@H]1O)Oc1ccccc1. The van der Waals surface area contributed by atoms with Crippen molar-refractivity contribution in [3.8, 4) is 5.75 Å². The molecule has 3 aromatic rings. The van der Waals surface area contributed by atoms with Crippen LogP contribution in [0.5, 0.6) is 5.75 Å². The normalized spacial score (nSPS) is 26.1. The van der Waals surface area contributed by atoms with Crippen LogP contribution in [0.25, 0.3) is 11.2 Å². The molecule has 15 nitrogen and oxygen atoms in total. The number of carbonyl (C=O) groups excluding carboxylic acids is 1. The number of benzene rings is 1. The molecule has 228 valence electrons. The van der Waals surface area contributed by atoms with Gasteiger partial charge in [0.2, 0.25) is 11.6 Å². The van der Waals surface area contributed by atoms with Crippen molar-refractivity contribution >= 4 is 36.6 Å². The first kappa shape index (κ1) is 30.1. The number of ether oxygens (including phenoxy) is 2. The predicted molar refractivity (Wildman–Crippen MR) is 147 cm³/mol. The van der Waals surface area contributed by atoms with E-state index in [0.717, 1.165) is 12.8 Å². The van der Waals surface area contributed by atoms with Gasteiger partial charge in [0.25, 0.3) is 0 Å². The highest BCUT2D eigenvalue weighted by Crippen LogP contribution is 2.48. The molecule has 3 heterocycles. The molecular weight excluding hydrogens is 576 g/mol. The molecule has 6 atom stereocenters. The van der Waals surface area contributed by atoms with E-state index in [1.165, 1.54) is 30.0 Å². The number of esters is 1. The third kappa shape index (κ3) is 6.19. The van der Waals surface area contributed by atoms with Gasteiger partial charge in [-0.1, -0.05) is 18.2 Å². The van der Waals surface area contributed by atoms with Crippen molar-refractivity contribution in [2.24, 2.45) is 0 Å². The zero-order valence-electron chi connectivity index (χ0n) is 22.9. The van der Waals surface area contributed by atoms with E-state index in [1.807, 2.05) is 0 Å². The van der Waals surface area contributed by atoms with Gasteiger partial charge in [0.1, 0.15) is 24.0 Å². The molecule has 1 aliphatic carbocycles. The molecule has 0 radical (unpaired) electrons. The number of imidazole rings is 1. The number of alkyl halides is 1. The lowest BCUT2D eigenvalue weighted by molar-refractivity contribution is -0.144. The minimum absolute atomic E-state index is 0.0937. The van der Waals surface area contributed by atoms with Crippen molar-refractivity contribution in [2.75, 3.05) is 30.9 Å². The third-order valence-electron chi connectivity index (χ3n) is 6.78. The Morgan fingerprint density at radius 3 is 2.74 bits per heavy atom. The summed E-state index contributed by atoms with van der Waals surface area (Å²) in [6.45, 7) is 1.32. The molecule has 6 N–H and O–H groups in total. The molecule has 1 saturated carbocycles. The smallest absolute Gasteiger partial charge is 0.459 e. The van der Waals surface area contributed by atoms with E-state index in [4.69, 9.17) is 24.3 Å². The molecule has 17 heteroatoms. The van der Waals surface area contributed by atoms with Crippen LogP contribution < -0.4 is 20.7 Å². The van der Waals surface area contributed by atoms with Crippen molar-refractivity contribution in [1.82, 2.24) is 24.6 Å². The molecule has 1 aromatic carbocycles. The molecular formula is C25H33FN7O8P. The number of anilines is 2. The summed E-state index contributed by atoms with van der Waals surface area (Å²) in [6, 6.07) is 7.14. The number of halogens is 1. The number of nitrogens with zero attached hydrogens (tertiary/aromatic N) is 4. The van der Waals surface area contributed by atoms with Gasteiger partial charge < -0.3 is 35.3 Å². The van der Waals surface area contributed by atoms with Crippen molar-refractivity contribution in [2.45, 2.75) is 62.9 Å². The third-order valence-corrected chi connectivity index (χ3v) is 8.42. The minimum Gasteiger partial charge on any atom is -0.465 e. The minimum atomic E-state index is -4.34. The summed E-state index contributed by atoms with van der Waals surface area (Å²) >= 11 is 0. The van der Waals surface area contributed by atoms with Gasteiger partial charge >= 0.3 is 13.7 Å². The van der Waals surface area contributed by atoms with Gasteiger partial charge in [0.05, 0.1) is 26.1 Å². The fourth-order valence-corrected chi connectivity index (χ4v) is 5.97. The van der Waals surface area contributed by atoms with Crippen molar-refractivity contribution in [3.63, 3.8) is 0 Å². The molecule has 2 fully saturated rings. The predicted octanol–water partition coefficient (Wildman–Crippen LogP) is 1.69. The van der Waals surface area contributed by atoms with Crippen LogP contribution in [0.2, 0.25) is 0 Å². The number of carbonyl (C=O) groups is 1. The number of aliphatic hydroxyl groups excluding tert-OH is 2. The summed E-state index contributed by atoms with van der Waals surface area (Å²) < 4.78 is 53.1. The molecule has 1 aliphatic heterocycles. The average molecular weight is 610 g/mol. The molecule has 2 aromatic heterocycles. The lowest BCUT2D eigenvalue weighted by atomic mass is 9.97. The average Bonchev–Trinajstić information content (AvgIpc) is 3.62. The second kappa shape index (κ2) is 12.1. The highest BCUT2D eigenvalue weighted by atomic mass is 31.2. The van der Waals surface area contributed by atoms with Crippen molar-refractivity contribution in [1.29, 1.82) is 0 Å². The monoisotopic (exact) mass is 609 g/mol. The molecule has 1 saturated heterocycles. The Bertz CT molecular complexity index is 1460. The highest BCUT2D eigenvalue weighted by molar-refractivity contribution is 7.52. The number of aliphatic hydroxyl groups is 2. The van der Waals surface area contributed by atoms with E-state index in [2.05, 4.69) is 25.4 Å². The van der Waals surface area contributed by atoms with Gasteiger partial charge in [0, 0.05) is 6.04 Å². The van der Waals surface area contributed by atoms with Crippen LogP contribution in [0.1, 0.15) is 32.9 Å². The van der Waals surface area contributed by atoms with Gasteiger partial charge in [-0.05, 0) is 38.8 Å². The van der Waals surface area contributed by atoms with E-state index < -0.39 is 57.1 Å². The second-order valence-electron chi connectivity index (χ2n) is 10.0. The standard InChI is InChI=1S/C25H33FN7O8P/c1-3-38-22(36)14(2)32-42(37,41-16-7-5-4-6-8-16)39-11-17-19(35)25(26,12-34)23(40-17)33-13-28-18-20(29-15-9-10-15)30-24(27)31-21(18)33/h4-8,13-15,17,19,23,34-35H,3,9-12H2,1-2H3,(H,32,37)(H3,27,29,30,31)/t14-,17+,19+,23+,25+,42-/m0/s1. The summed E-state index contributed by atoms with van der Waals surface area (Å²) in [7, 11) is -4.34. The first-order chi connectivity index (χ1) is 20.1. The molecule has 5 rings (SSSR count). The zero-order chi connectivity index (χ0) is 30.1. The number of nitrogens with one attached hydrogen (secondary N) is 2. The maximum Gasteiger partial charge on any atom is 0.459 e.